The van der Waals surface area contributed by atoms with E-state index in [1.165, 1.54) is 6.42 Å². The average molecular weight is 378 g/mol. The van der Waals surface area contributed by atoms with Gasteiger partial charge in [-0.25, -0.2) is 4.79 Å². The smallest absolute Gasteiger partial charge is 0.324 e. The first-order valence-electron chi connectivity index (χ1n) is 9.11. The highest BCUT2D eigenvalue weighted by molar-refractivity contribution is 6.30. The zero-order valence-electron chi connectivity index (χ0n) is 14.9. The van der Waals surface area contributed by atoms with Crippen molar-refractivity contribution in [1.82, 2.24) is 10.2 Å². The predicted octanol–water partition coefficient (Wildman–Crippen LogP) is 3.62. The van der Waals surface area contributed by atoms with Gasteiger partial charge in [0, 0.05) is 10.7 Å². The Bertz CT molecular complexity index is 727. The molecule has 3 rings (SSSR count). The fourth-order valence-electron chi connectivity index (χ4n) is 3.77. The molecular formula is C19H24ClN3O3. The van der Waals surface area contributed by atoms with Crippen molar-refractivity contribution < 1.29 is 14.4 Å². The quantitative estimate of drug-likeness (QED) is 0.789. The molecule has 0 unspecified atom stereocenters. The monoisotopic (exact) mass is 377 g/mol. The topological polar surface area (TPSA) is 78.5 Å². The van der Waals surface area contributed by atoms with E-state index in [0.717, 1.165) is 36.1 Å². The zero-order valence-corrected chi connectivity index (χ0v) is 15.7. The minimum absolute atomic E-state index is 0.271. The molecule has 0 atom stereocenters. The van der Waals surface area contributed by atoms with Crippen LogP contribution < -0.4 is 10.6 Å². The number of carbonyl (C=O) groups excluding carboxylic acids is 3. The van der Waals surface area contributed by atoms with Crippen LogP contribution in [0, 0.1) is 6.92 Å². The molecule has 1 aromatic rings. The first-order valence-corrected chi connectivity index (χ1v) is 9.49. The number of rotatable bonds is 3. The van der Waals surface area contributed by atoms with E-state index in [0.29, 0.717) is 23.6 Å². The summed E-state index contributed by atoms with van der Waals surface area (Å²) in [5, 5.41) is 6.20. The maximum atomic E-state index is 12.9. The van der Waals surface area contributed by atoms with E-state index >= 15 is 0 Å². The van der Waals surface area contributed by atoms with Crippen molar-refractivity contribution in [1.29, 1.82) is 0 Å². The molecule has 0 aromatic heterocycles. The highest BCUT2D eigenvalue weighted by Gasteiger charge is 2.50. The van der Waals surface area contributed by atoms with E-state index in [-0.39, 0.29) is 12.5 Å². The summed E-state index contributed by atoms with van der Waals surface area (Å²) in [5.41, 5.74) is 0.611. The molecule has 1 aliphatic carbocycles. The SMILES string of the molecule is Cc1cc(Cl)ccc1NC(=O)CN1C(=O)NC2(CCCCCCC2)C1=O. The van der Waals surface area contributed by atoms with Crippen molar-refractivity contribution in [2.75, 3.05) is 11.9 Å². The van der Waals surface area contributed by atoms with Gasteiger partial charge < -0.3 is 10.6 Å². The number of hydrogen-bond donors (Lipinski definition) is 2. The van der Waals surface area contributed by atoms with Gasteiger partial charge in [0.25, 0.3) is 5.91 Å². The lowest BCUT2D eigenvalue weighted by Crippen LogP contribution is -2.47. The number of imide groups is 1. The van der Waals surface area contributed by atoms with E-state index in [4.69, 9.17) is 11.6 Å². The zero-order chi connectivity index (χ0) is 18.7. The summed E-state index contributed by atoms with van der Waals surface area (Å²) in [4.78, 5) is 38.7. The van der Waals surface area contributed by atoms with Crippen LogP contribution in [0.2, 0.25) is 5.02 Å². The number of nitrogens with zero attached hydrogens (tertiary/aromatic N) is 1. The molecule has 4 amide bonds. The van der Waals surface area contributed by atoms with E-state index in [1.807, 2.05) is 6.92 Å². The number of halogens is 1. The number of amides is 4. The number of benzene rings is 1. The van der Waals surface area contributed by atoms with Gasteiger partial charge in [-0.15, -0.1) is 0 Å². The van der Waals surface area contributed by atoms with Crippen LogP contribution in [0.5, 0.6) is 0 Å². The van der Waals surface area contributed by atoms with Gasteiger partial charge in [-0.05, 0) is 43.5 Å². The van der Waals surface area contributed by atoms with E-state index in [1.54, 1.807) is 18.2 Å². The molecule has 1 spiro atoms. The molecule has 1 saturated heterocycles. The fraction of sp³-hybridized carbons (Fsp3) is 0.526. The molecule has 1 aliphatic heterocycles. The fourth-order valence-corrected chi connectivity index (χ4v) is 3.99. The molecule has 140 valence electrons. The van der Waals surface area contributed by atoms with Crippen molar-refractivity contribution in [3.05, 3.63) is 28.8 Å². The summed E-state index contributed by atoms with van der Waals surface area (Å²) in [5.74, 6) is -0.672. The second-order valence-electron chi connectivity index (χ2n) is 7.18. The van der Waals surface area contributed by atoms with Crippen molar-refractivity contribution in [3.63, 3.8) is 0 Å². The lowest BCUT2D eigenvalue weighted by atomic mass is 9.84. The van der Waals surface area contributed by atoms with Gasteiger partial charge in [-0.1, -0.05) is 43.7 Å². The molecule has 1 heterocycles. The Morgan fingerprint density at radius 1 is 1.19 bits per heavy atom. The van der Waals surface area contributed by atoms with E-state index in [2.05, 4.69) is 10.6 Å². The van der Waals surface area contributed by atoms with E-state index < -0.39 is 17.5 Å². The number of aryl methyl sites for hydroxylation is 1. The normalized spacial score (nSPS) is 19.8. The third kappa shape index (κ3) is 3.85. The Labute approximate surface area is 158 Å². The first kappa shape index (κ1) is 18.7. The van der Waals surface area contributed by atoms with Gasteiger partial charge in [-0.3, -0.25) is 14.5 Å². The number of nitrogens with one attached hydrogen (secondary N) is 2. The lowest BCUT2D eigenvalue weighted by Gasteiger charge is -2.28. The van der Waals surface area contributed by atoms with Crippen LogP contribution in [0.25, 0.3) is 0 Å². The third-order valence-corrected chi connectivity index (χ3v) is 5.45. The van der Waals surface area contributed by atoms with Crippen LogP contribution in [0.3, 0.4) is 0 Å². The van der Waals surface area contributed by atoms with Crippen LogP contribution >= 0.6 is 11.6 Å². The lowest BCUT2D eigenvalue weighted by molar-refractivity contribution is -0.134. The number of hydrogen-bond acceptors (Lipinski definition) is 3. The summed E-state index contributed by atoms with van der Waals surface area (Å²) in [6.45, 7) is 1.55. The van der Waals surface area contributed by atoms with Crippen LogP contribution in [0.4, 0.5) is 10.5 Å². The largest absolute Gasteiger partial charge is 0.325 e. The Balaban J connectivity index is 1.68. The molecule has 2 fully saturated rings. The Morgan fingerprint density at radius 3 is 2.50 bits per heavy atom. The van der Waals surface area contributed by atoms with Crippen LogP contribution in [0.1, 0.15) is 50.5 Å². The molecule has 7 heteroatoms. The predicted molar refractivity (Wildman–Crippen MR) is 100 cm³/mol. The van der Waals surface area contributed by atoms with Gasteiger partial charge in [0.05, 0.1) is 0 Å². The summed E-state index contributed by atoms with van der Waals surface area (Å²) < 4.78 is 0. The summed E-state index contributed by atoms with van der Waals surface area (Å²) in [6.07, 6.45) is 6.43. The number of carbonyl (C=O) groups is 3. The molecule has 26 heavy (non-hydrogen) atoms. The molecule has 0 radical (unpaired) electrons. The maximum absolute atomic E-state index is 12.9. The molecule has 2 aliphatic rings. The molecule has 1 aromatic carbocycles. The first-order chi connectivity index (χ1) is 12.4. The molecular weight excluding hydrogens is 354 g/mol. The van der Waals surface area contributed by atoms with Gasteiger partial charge in [-0.2, -0.15) is 0 Å². The average Bonchev–Trinajstić information content (AvgIpc) is 2.79. The second-order valence-corrected chi connectivity index (χ2v) is 7.62. The summed E-state index contributed by atoms with van der Waals surface area (Å²) in [7, 11) is 0. The highest BCUT2D eigenvalue weighted by atomic mass is 35.5. The number of anilines is 1. The summed E-state index contributed by atoms with van der Waals surface area (Å²) in [6, 6.07) is 4.66. The Kier molecular flexibility index (Phi) is 5.51. The minimum atomic E-state index is -0.825. The Hall–Kier alpha value is -2.08. The number of urea groups is 1. The molecule has 1 saturated carbocycles. The molecule has 2 N–H and O–H groups in total. The van der Waals surface area contributed by atoms with Crippen LogP contribution in [-0.4, -0.2) is 34.8 Å². The van der Waals surface area contributed by atoms with Crippen molar-refractivity contribution in [2.24, 2.45) is 0 Å². The van der Waals surface area contributed by atoms with E-state index in [9.17, 15) is 14.4 Å². The third-order valence-electron chi connectivity index (χ3n) is 5.22. The van der Waals surface area contributed by atoms with Crippen molar-refractivity contribution >= 4 is 35.1 Å². The summed E-state index contributed by atoms with van der Waals surface area (Å²) >= 11 is 5.92. The molecule has 6 nitrogen and oxygen atoms in total. The van der Waals surface area contributed by atoms with Crippen molar-refractivity contribution in [2.45, 2.75) is 57.4 Å². The molecule has 0 bridgehead atoms. The Morgan fingerprint density at radius 2 is 1.85 bits per heavy atom. The maximum Gasteiger partial charge on any atom is 0.325 e. The van der Waals surface area contributed by atoms with Crippen LogP contribution in [0.15, 0.2) is 18.2 Å². The second kappa shape index (κ2) is 7.66. The van der Waals surface area contributed by atoms with Crippen LogP contribution in [-0.2, 0) is 9.59 Å². The van der Waals surface area contributed by atoms with Gasteiger partial charge in [0.2, 0.25) is 5.91 Å². The van der Waals surface area contributed by atoms with Gasteiger partial charge in [0.15, 0.2) is 0 Å². The van der Waals surface area contributed by atoms with Crippen molar-refractivity contribution in [3.8, 4) is 0 Å². The van der Waals surface area contributed by atoms with Gasteiger partial charge >= 0.3 is 6.03 Å². The standard InChI is InChI=1S/C19H24ClN3O3/c1-13-11-14(20)7-8-15(13)21-16(24)12-23-17(25)19(22-18(23)26)9-5-3-2-4-6-10-19/h7-8,11H,2-6,9-10,12H2,1H3,(H,21,24)(H,22,26). The minimum Gasteiger partial charge on any atom is -0.324 e. The van der Waals surface area contributed by atoms with Gasteiger partial charge in [0.1, 0.15) is 12.1 Å². The highest BCUT2D eigenvalue weighted by Crippen LogP contribution is 2.32.